The van der Waals surface area contributed by atoms with Crippen molar-refractivity contribution in [2.75, 3.05) is 19.6 Å². The summed E-state index contributed by atoms with van der Waals surface area (Å²) in [4.78, 5) is 15.1. The lowest BCUT2D eigenvalue weighted by molar-refractivity contribution is 0.170. The van der Waals surface area contributed by atoms with Gasteiger partial charge in [0.15, 0.2) is 16.7 Å². The molecule has 5 fully saturated rings. The number of nitrogens with zero attached hydrogens (tertiary/aromatic N) is 5. The minimum atomic E-state index is 0.0876. The molecule has 8 heteroatoms. The third kappa shape index (κ3) is 11.1. The van der Waals surface area contributed by atoms with Crippen LogP contribution in [0.4, 0.5) is 28.4 Å². The van der Waals surface area contributed by atoms with Crippen LogP contribution in [0.1, 0.15) is 214 Å². The standard InChI is InChI=1S/C25H31NO.C22H28N2O.C22H27NO.C21H25N/c1-17-12-13-20-19-10-6-7-11-21(19)27-23(20)22(17)26-18(2)25(16-24(26,3)4)14-8-5-9-15-25;1-13-8-10-16-17-11-9-14(2)23-20(17)25-19(16)18(13)24-15(3)21(4,5)12-22(24,6)7;1-14-11-12-17-16-9-7-8-10-18(16)24-20(17)19(14)23-15(2)21(3,4)13-22(23,5)6;1-16-10-4-6-12-19(16)22-17(2)21(14-8-3-9-15-21)18-11-5-7-13-20(18)22/h6-7,10-13,18H,5,8-9,14-16H2,1-4H3;8-11,15H,12H2,1-7H3;7-12,15H,13H2,1-6H3;4-7,10-13,17H,3,8-9,14-15H2,1-2H3. The summed E-state index contributed by atoms with van der Waals surface area (Å²) in [6.45, 7) is 44.3. The second-order valence-corrected chi connectivity index (χ2v) is 34.5. The van der Waals surface area contributed by atoms with E-state index in [4.69, 9.17) is 13.3 Å². The Kier molecular flexibility index (Phi) is 16.9. The molecule has 4 aliphatic heterocycles. The van der Waals surface area contributed by atoms with E-state index in [9.17, 15) is 0 Å². The van der Waals surface area contributed by atoms with E-state index in [0.717, 1.165) is 56.5 Å². The van der Waals surface area contributed by atoms with Crippen molar-refractivity contribution in [2.45, 2.75) is 261 Å². The number of anilines is 5. The van der Waals surface area contributed by atoms with E-state index in [0.29, 0.717) is 35.0 Å². The van der Waals surface area contributed by atoms with Gasteiger partial charge in [-0.25, -0.2) is 4.98 Å². The lowest BCUT2D eigenvalue weighted by Crippen LogP contribution is -2.44. The lowest BCUT2D eigenvalue weighted by atomic mass is 9.67. The minimum Gasteiger partial charge on any atom is -0.454 e. The molecule has 6 aliphatic rings. The average molecular weight is 1310 g/mol. The predicted molar refractivity (Wildman–Crippen MR) is 417 cm³/mol. The largest absolute Gasteiger partial charge is 0.454 e. The summed E-state index contributed by atoms with van der Waals surface area (Å²) in [5, 5.41) is 7.17. The van der Waals surface area contributed by atoms with Crippen molar-refractivity contribution < 1.29 is 13.3 Å². The third-order valence-corrected chi connectivity index (χ3v) is 25.7. The molecule has 0 bridgehead atoms. The number of pyridine rings is 1. The number of rotatable bonds is 4. The van der Waals surface area contributed by atoms with Crippen LogP contribution in [0.2, 0.25) is 0 Å². The SMILES string of the molecule is Cc1ccc2c(n1)oc1c(N3C(C)C(C)(C)CC3(C)C)c(C)ccc12.Cc1ccc2c(oc3ccccc32)c1N1C(C)C(C)(C)CC1(C)C.Cc1ccc2c(oc3ccccc32)c1N1C(C)C2(CCCCC2)CC1(C)C.Cc1ccccc1N1c2ccccc2C2(CCCCC2)C1C. The van der Waals surface area contributed by atoms with Gasteiger partial charge in [-0.15, -0.1) is 0 Å². The molecule has 0 amide bonds. The molecular formula is C90H111N5O3. The Morgan fingerprint density at radius 1 is 0.357 bits per heavy atom. The Labute approximate surface area is 585 Å². The molecule has 11 aromatic rings. The molecule has 3 saturated heterocycles. The second kappa shape index (κ2) is 24.6. The van der Waals surface area contributed by atoms with E-state index < -0.39 is 0 Å². The third-order valence-electron chi connectivity index (χ3n) is 25.7. The molecule has 2 aliphatic carbocycles. The summed E-state index contributed by atoms with van der Waals surface area (Å²) < 4.78 is 19.1. The zero-order valence-corrected chi connectivity index (χ0v) is 62.8. The van der Waals surface area contributed by atoms with Crippen LogP contribution in [0.25, 0.3) is 65.9 Å². The fourth-order valence-electron chi connectivity index (χ4n) is 21.0. The molecular weight excluding hydrogens is 1200 g/mol. The number of fused-ring (bicyclic) bond motifs is 11. The zero-order chi connectivity index (χ0) is 69.4. The number of hydrogen-bond donors (Lipinski definition) is 0. The summed E-state index contributed by atoms with van der Waals surface area (Å²) in [7, 11) is 0. The van der Waals surface area contributed by atoms with Crippen molar-refractivity contribution in [2.24, 2.45) is 16.2 Å². The topological polar surface area (TPSA) is 65.3 Å². The zero-order valence-electron chi connectivity index (χ0n) is 62.8. The van der Waals surface area contributed by atoms with E-state index in [2.05, 4.69) is 289 Å². The van der Waals surface area contributed by atoms with Gasteiger partial charge in [-0.2, -0.15) is 0 Å². The van der Waals surface area contributed by atoms with E-state index in [1.807, 2.05) is 13.0 Å². The van der Waals surface area contributed by atoms with Crippen molar-refractivity contribution >= 4 is 94.4 Å². The number of benzene rings is 7. The Bertz CT molecular complexity index is 4800. The fourth-order valence-corrected chi connectivity index (χ4v) is 21.0. The molecule has 7 aromatic carbocycles. The smallest absolute Gasteiger partial charge is 0.227 e. The molecule has 17 rings (SSSR count). The highest BCUT2D eigenvalue weighted by molar-refractivity contribution is 6.11. The number of aromatic nitrogens is 1. The lowest BCUT2D eigenvalue weighted by Gasteiger charge is -2.41. The van der Waals surface area contributed by atoms with E-state index in [1.165, 1.54) is 149 Å². The van der Waals surface area contributed by atoms with Crippen LogP contribution in [0.15, 0.2) is 159 Å². The maximum Gasteiger partial charge on any atom is 0.227 e. The molecule has 98 heavy (non-hydrogen) atoms. The Balaban J connectivity index is 0.000000112. The quantitative estimate of drug-likeness (QED) is 0.173. The van der Waals surface area contributed by atoms with Gasteiger partial charge in [0, 0.05) is 95.6 Å². The molecule has 0 radical (unpaired) electrons. The van der Waals surface area contributed by atoms with Gasteiger partial charge >= 0.3 is 0 Å². The van der Waals surface area contributed by atoms with Crippen LogP contribution in [-0.4, -0.2) is 45.8 Å². The van der Waals surface area contributed by atoms with Gasteiger partial charge < -0.3 is 32.9 Å². The summed E-state index contributed by atoms with van der Waals surface area (Å²) in [5.41, 5.74) is 22.0. The summed E-state index contributed by atoms with van der Waals surface area (Å²) in [6, 6.07) is 54.3. The van der Waals surface area contributed by atoms with Crippen molar-refractivity contribution in [3.05, 3.63) is 179 Å². The summed E-state index contributed by atoms with van der Waals surface area (Å²) in [6.07, 6.45) is 17.4. The first-order valence-electron chi connectivity index (χ1n) is 37.4. The number of furan rings is 3. The van der Waals surface area contributed by atoms with Crippen LogP contribution in [0, 0.1) is 50.9 Å². The van der Waals surface area contributed by atoms with Gasteiger partial charge in [-0.05, 0) is 229 Å². The summed E-state index contributed by atoms with van der Waals surface area (Å²) in [5.74, 6) is 0. The molecule has 4 atom stereocenters. The Morgan fingerprint density at radius 2 is 0.765 bits per heavy atom. The number of hydrogen-bond acceptors (Lipinski definition) is 8. The monoisotopic (exact) mass is 1310 g/mol. The highest BCUT2D eigenvalue weighted by Gasteiger charge is 2.56. The van der Waals surface area contributed by atoms with Gasteiger partial charge in [0.05, 0.1) is 17.1 Å². The molecule has 0 N–H and O–H groups in total. The van der Waals surface area contributed by atoms with E-state index >= 15 is 0 Å². The average Bonchev–Trinajstić information content (AvgIpc) is 1.58. The molecule has 2 saturated carbocycles. The fraction of sp³-hybridized carbons (Fsp3) is 0.478. The Morgan fingerprint density at radius 3 is 1.26 bits per heavy atom. The van der Waals surface area contributed by atoms with Crippen molar-refractivity contribution in [3.8, 4) is 0 Å². The first kappa shape index (κ1) is 67.5. The van der Waals surface area contributed by atoms with Crippen LogP contribution in [0.3, 0.4) is 0 Å². The molecule has 4 unspecified atom stereocenters. The number of para-hydroxylation sites is 4. The van der Waals surface area contributed by atoms with Gasteiger partial charge in [0.25, 0.3) is 0 Å². The van der Waals surface area contributed by atoms with Crippen LogP contribution in [0.5, 0.6) is 0 Å². The van der Waals surface area contributed by atoms with Gasteiger partial charge in [0.1, 0.15) is 11.2 Å². The molecule has 8 nitrogen and oxygen atoms in total. The maximum atomic E-state index is 6.45. The molecule has 4 aromatic heterocycles. The first-order chi connectivity index (χ1) is 46.5. The molecule has 2 spiro atoms. The normalized spacial score (nSPS) is 23.0. The number of aryl methyl sites for hydroxylation is 5. The highest BCUT2D eigenvalue weighted by atomic mass is 16.3. The second-order valence-electron chi connectivity index (χ2n) is 34.5. The van der Waals surface area contributed by atoms with Crippen LogP contribution in [-0.2, 0) is 5.41 Å². The van der Waals surface area contributed by atoms with E-state index in [-0.39, 0.29) is 27.4 Å². The molecule has 514 valence electrons. The highest BCUT2D eigenvalue weighted by Crippen LogP contribution is 2.59. The maximum absolute atomic E-state index is 6.45. The van der Waals surface area contributed by atoms with Gasteiger partial charge in [-0.1, -0.05) is 175 Å². The summed E-state index contributed by atoms with van der Waals surface area (Å²) >= 11 is 0. The van der Waals surface area contributed by atoms with Crippen molar-refractivity contribution in [1.82, 2.24) is 4.98 Å². The van der Waals surface area contributed by atoms with Crippen molar-refractivity contribution in [3.63, 3.8) is 0 Å². The van der Waals surface area contributed by atoms with E-state index in [1.54, 1.807) is 5.56 Å². The minimum absolute atomic E-state index is 0.0876. The molecule has 8 heterocycles. The van der Waals surface area contributed by atoms with Crippen LogP contribution >= 0.6 is 0 Å². The predicted octanol–water partition coefficient (Wildman–Crippen LogP) is 25.3. The van der Waals surface area contributed by atoms with Crippen LogP contribution < -0.4 is 19.6 Å². The van der Waals surface area contributed by atoms with Gasteiger partial charge in [-0.3, -0.25) is 0 Å². The first-order valence-corrected chi connectivity index (χ1v) is 37.4. The van der Waals surface area contributed by atoms with Crippen molar-refractivity contribution in [1.29, 1.82) is 0 Å². The Hall–Kier alpha value is -7.71. The van der Waals surface area contributed by atoms with Gasteiger partial charge in [0.2, 0.25) is 5.71 Å².